The molecular weight excluding hydrogens is 195 g/mol. The Labute approximate surface area is 88.0 Å². The Bertz CT molecular complexity index is 13.5. The summed E-state index contributed by atoms with van der Waals surface area (Å²) >= 11 is 0.300. The molecule has 0 aromatic carbocycles. The van der Waals surface area contributed by atoms with Gasteiger partial charge in [-0.3, -0.25) is 0 Å². The van der Waals surface area contributed by atoms with Crippen LogP contribution < -0.4 is 0 Å². The van der Waals surface area contributed by atoms with Gasteiger partial charge in [-0.15, -0.1) is 0 Å². The van der Waals surface area contributed by atoms with Gasteiger partial charge in [0.1, 0.15) is 0 Å². The van der Waals surface area contributed by atoms with Crippen LogP contribution in [0.1, 0.15) is 2.85 Å². The minimum Gasteiger partial charge on any atom is 0 e. The predicted molar refractivity (Wildman–Crippen MR) is 8.66 cm³/mol. The van der Waals surface area contributed by atoms with E-state index < -0.39 is 0 Å². The van der Waals surface area contributed by atoms with Gasteiger partial charge in [-0.1, -0.05) is 0 Å². The quantitative estimate of drug-likeness (QED) is 0.488. The summed E-state index contributed by atoms with van der Waals surface area (Å²) in [6, 6.07) is 0. The first-order valence-corrected chi connectivity index (χ1v) is 1.21. The maximum Gasteiger partial charge on any atom is 0 e. The minimum absolute atomic E-state index is 0. The second kappa shape index (κ2) is 17.4. The summed E-state index contributed by atoms with van der Waals surface area (Å²) in [6.45, 7) is 0. The third kappa shape index (κ3) is 8.82. The molecule has 0 spiro atoms. The average molecular weight is 197 g/mol. The topological polar surface area (TPSA) is 17.1 Å². The molecule has 0 fully saturated rings. The summed E-state index contributed by atoms with van der Waals surface area (Å²) in [5.41, 5.74) is 0. The molecule has 1 nitrogen and oxygen atoms in total. The third-order valence-electron chi connectivity index (χ3n) is 0. The van der Waals surface area contributed by atoms with Crippen LogP contribution in [-0.2, 0) is 49.3 Å². The molecule has 4 heavy (non-hydrogen) atoms. The molecule has 0 aromatic rings. The SMILES string of the molecule is [Ca+2].[H-].[H-].[O]=[Zr].[Ti]. The summed E-state index contributed by atoms with van der Waals surface area (Å²) in [7, 11) is 0. The largest absolute Gasteiger partial charge is 0 e. The first-order chi connectivity index (χ1) is 1.00. The van der Waals surface area contributed by atoms with Gasteiger partial charge in [0.2, 0.25) is 0 Å². The number of hydrogen-bond donors (Lipinski definition) is 0. The molecule has 0 radical (unpaired) electrons. The van der Waals surface area contributed by atoms with E-state index in [9.17, 15) is 0 Å². The first-order valence-electron chi connectivity index (χ1n) is 0.204. The molecule has 0 unspecified atom stereocenters. The molecule has 0 bridgehead atoms. The first kappa shape index (κ1) is 15.9. The van der Waals surface area contributed by atoms with Gasteiger partial charge in [0.15, 0.2) is 0 Å². The normalized spacial score (nSPS) is 0.750. The summed E-state index contributed by atoms with van der Waals surface area (Å²) < 4.78 is 8.34. The van der Waals surface area contributed by atoms with E-state index in [1.54, 1.807) is 0 Å². The maximum absolute atomic E-state index is 8.34. The number of hydrogen-bond acceptors (Lipinski definition) is 1. The Morgan fingerprint density at radius 2 is 1.50 bits per heavy atom. The molecule has 0 saturated heterocycles. The molecule has 0 amide bonds. The standard InChI is InChI=1S/Ca.O.Ti.Zr.2H/q+2;;;;2*-1. The Balaban J connectivity index is -0.000000000833. The minimum atomic E-state index is 0. The second-order valence-electron chi connectivity index (χ2n) is 0. The van der Waals surface area contributed by atoms with Crippen molar-refractivity contribution in [2.45, 2.75) is 0 Å². The Morgan fingerprint density at radius 3 is 1.50 bits per heavy atom. The van der Waals surface area contributed by atoms with E-state index in [1.807, 2.05) is 0 Å². The smallest absolute Gasteiger partial charge is 0 e. The van der Waals surface area contributed by atoms with Crippen molar-refractivity contribution in [1.82, 2.24) is 0 Å². The zero-order valence-electron chi connectivity index (χ0n) is 4.12. The van der Waals surface area contributed by atoms with Gasteiger partial charge in [-0.2, -0.15) is 0 Å². The van der Waals surface area contributed by atoms with Crippen LogP contribution in [0.25, 0.3) is 0 Å². The van der Waals surface area contributed by atoms with E-state index in [4.69, 9.17) is 2.81 Å². The van der Waals surface area contributed by atoms with Crippen molar-refractivity contribution in [3.63, 3.8) is 0 Å². The molecule has 0 N–H and O–H groups in total. The second-order valence-corrected chi connectivity index (χ2v) is 0. The van der Waals surface area contributed by atoms with Crippen LogP contribution >= 0.6 is 0 Å². The Kier molecular flexibility index (Phi) is 69.2. The van der Waals surface area contributed by atoms with E-state index in [0.29, 0.717) is 24.7 Å². The molecular formula is H2CaOTiZr. The van der Waals surface area contributed by atoms with Gasteiger partial charge in [0.05, 0.1) is 0 Å². The monoisotopic (exact) mass is 196 g/mol. The third-order valence-corrected chi connectivity index (χ3v) is 0. The van der Waals surface area contributed by atoms with Crippen LogP contribution in [0.5, 0.6) is 0 Å². The van der Waals surface area contributed by atoms with Crippen molar-refractivity contribution in [2.75, 3.05) is 0 Å². The van der Waals surface area contributed by atoms with Crippen LogP contribution in [0.15, 0.2) is 0 Å². The van der Waals surface area contributed by atoms with Gasteiger partial charge in [0, 0.05) is 21.7 Å². The molecule has 0 rings (SSSR count). The summed E-state index contributed by atoms with van der Waals surface area (Å²) in [4.78, 5) is 0. The van der Waals surface area contributed by atoms with E-state index in [2.05, 4.69) is 0 Å². The van der Waals surface area contributed by atoms with E-state index in [0.717, 1.165) is 0 Å². The average Bonchev–Trinajstić information content (AvgIpc) is 1.00. The fourth-order valence-corrected chi connectivity index (χ4v) is 0. The zero-order chi connectivity index (χ0) is 2.00. The predicted octanol–water partition coefficient (Wildman–Crippen LogP) is -0.280. The van der Waals surface area contributed by atoms with E-state index >= 15 is 0 Å². The zero-order valence-corrected chi connectivity index (χ0v) is 8.34. The van der Waals surface area contributed by atoms with Crippen molar-refractivity contribution < 1.29 is 52.1 Å². The van der Waals surface area contributed by atoms with Gasteiger partial charge < -0.3 is 2.85 Å². The summed E-state index contributed by atoms with van der Waals surface area (Å²) in [5.74, 6) is 0. The summed E-state index contributed by atoms with van der Waals surface area (Å²) in [6.07, 6.45) is 0. The van der Waals surface area contributed by atoms with Crippen LogP contribution in [0.3, 0.4) is 0 Å². The fourth-order valence-electron chi connectivity index (χ4n) is 0. The maximum atomic E-state index is 8.34. The fraction of sp³-hybridized carbons (Fsp3) is 0. The van der Waals surface area contributed by atoms with Crippen molar-refractivity contribution in [3.05, 3.63) is 0 Å². The van der Waals surface area contributed by atoms with Gasteiger partial charge in [0.25, 0.3) is 0 Å². The van der Waals surface area contributed by atoms with Crippen molar-refractivity contribution in [2.24, 2.45) is 0 Å². The number of rotatable bonds is 0. The van der Waals surface area contributed by atoms with Gasteiger partial charge in [-0.25, -0.2) is 0 Å². The van der Waals surface area contributed by atoms with Crippen molar-refractivity contribution in [1.29, 1.82) is 0 Å². The summed E-state index contributed by atoms with van der Waals surface area (Å²) in [5, 5.41) is 0. The molecule has 0 heterocycles. The van der Waals surface area contributed by atoms with E-state index in [1.165, 1.54) is 0 Å². The van der Waals surface area contributed by atoms with Crippen LogP contribution in [0.2, 0.25) is 0 Å². The van der Waals surface area contributed by atoms with Crippen LogP contribution in [-0.4, -0.2) is 37.7 Å². The van der Waals surface area contributed by atoms with Crippen LogP contribution in [0.4, 0.5) is 0 Å². The molecule has 0 aliphatic heterocycles. The molecule has 0 aromatic heterocycles. The Morgan fingerprint density at radius 1 is 1.50 bits per heavy atom. The molecule has 4 heteroatoms. The van der Waals surface area contributed by atoms with Crippen molar-refractivity contribution >= 4 is 37.7 Å². The van der Waals surface area contributed by atoms with Crippen LogP contribution in [0, 0.1) is 0 Å². The molecule has 18 valence electrons. The van der Waals surface area contributed by atoms with Gasteiger partial charge >= 0.3 is 65.3 Å². The van der Waals surface area contributed by atoms with Crippen molar-refractivity contribution in [3.8, 4) is 0 Å². The molecule has 0 aliphatic rings. The molecule has 0 atom stereocenters. The Hall–Kier alpha value is 2.66. The molecule has 0 saturated carbocycles. The van der Waals surface area contributed by atoms with E-state index in [-0.39, 0.29) is 62.3 Å². The van der Waals surface area contributed by atoms with Gasteiger partial charge in [-0.05, 0) is 0 Å². The molecule has 0 aliphatic carbocycles.